The monoisotopic (exact) mass is 388 g/mol. The molecule has 4 rings (SSSR count). The first-order chi connectivity index (χ1) is 13.2. The number of aromatic nitrogens is 4. The molecule has 0 saturated carbocycles. The van der Waals surface area contributed by atoms with Crippen molar-refractivity contribution in [2.45, 2.75) is 6.18 Å². The van der Waals surface area contributed by atoms with Crippen LogP contribution in [0.4, 0.5) is 24.7 Å². The average Bonchev–Trinajstić information content (AvgIpc) is 3.22. The van der Waals surface area contributed by atoms with Crippen molar-refractivity contribution in [1.82, 2.24) is 19.6 Å². The van der Waals surface area contributed by atoms with Crippen molar-refractivity contribution in [3.05, 3.63) is 48.3 Å². The summed E-state index contributed by atoms with van der Waals surface area (Å²) in [5.74, 6) is -0.128. The molecule has 1 aromatic carbocycles. The number of alkyl halides is 3. The highest BCUT2D eigenvalue weighted by atomic mass is 19.4. The molecule has 10 heteroatoms. The average molecular weight is 388 g/mol. The molecule has 0 atom stereocenters. The predicted molar refractivity (Wildman–Crippen MR) is 97.7 cm³/mol. The van der Waals surface area contributed by atoms with Gasteiger partial charge in [0.15, 0.2) is 0 Å². The van der Waals surface area contributed by atoms with Gasteiger partial charge >= 0.3 is 12.0 Å². The summed E-state index contributed by atoms with van der Waals surface area (Å²) in [5.41, 5.74) is 6.51. The lowest BCUT2D eigenvalue weighted by Crippen LogP contribution is -2.10. The summed E-state index contributed by atoms with van der Waals surface area (Å²) in [6.45, 7) is 0. The first-order valence-corrected chi connectivity index (χ1v) is 8.19. The Bertz CT molecular complexity index is 1160. The van der Waals surface area contributed by atoms with Crippen LogP contribution in [-0.4, -0.2) is 33.7 Å². The minimum atomic E-state index is -4.61. The number of benzene rings is 1. The van der Waals surface area contributed by atoms with Gasteiger partial charge in [-0.15, -0.1) is 5.10 Å². The number of nitrogen functional groups attached to an aromatic ring is 1. The van der Waals surface area contributed by atoms with Crippen LogP contribution in [-0.2, 0) is 6.18 Å². The number of rotatable bonds is 3. The van der Waals surface area contributed by atoms with Crippen molar-refractivity contribution in [1.29, 1.82) is 0 Å². The Hall–Kier alpha value is -3.56. The second-order valence-corrected chi connectivity index (χ2v) is 6.34. The van der Waals surface area contributed by atoms with Gasteiger partial charge in [-0.1, -0.05) is 6.07 Å². The van der Waals surface area contributed by atoms with Gasteiger partial charge < -0.3 is 15.1 Å². The molecule has 0 aliphatic carbocycles. The van der Waals surface area contributed by atoms with Crippen LogP contribution in [0.1, 0.15) is 5.56 Å². The Balaban J connectivity index is 1.80. The van der Waals surface area contributed by atoms with Crippen LogP contribution in [0.5, 0.6) is 0 Å². The summed E-state index contributed by atoms with van der Waals surface area (Å²) >= 11 is 0. The summed E-state index contributed by atoms with van der Waals surface area (Å²) in [7, 11) is 3.82. The van der Waals surface area contributed by atoms with Crippen molar-refractivity contribution < 1.29 is 17.6 Å². The van der Waals surface area contributed by atoms with E-state index in [2.05, 4.69) is 15.1 Å². The lowest BCUT2D eigenvalue weighted by atomic mass is 10.1. The predicted octanol–water partition coefficient (Wildman–Crippen LogP) is 3.72. The molecule has 0 amide bonds. The maximum Gasteiger partial charge on any atom is 0.419 e. The molecule has 0 fully saturated rings. The van der Waals surface area contributed by atoms with Gasteiger partial charge in [-0.25, -0.2) is 9.97 Å². The number of halogens is 3. The van der Waals surface area contributed by atoms with Crippen molar-refractivity contribution >= 4 is 17.3 Å². The maximum absolute atomic E-state index is 13.1. The fourth-order valence-electron chi connectivity index (χ4n) is 2.77. The SMILES string of the molecule is CN(C)c1cccc(-c2nn3c(-c4cnc(N)c(C(F)(F)F)c4)cnc3o2)c1. The molecule has 2 N–H and O–H groups in total. The first kappa shape index (κ1) is 17.8. The van der Waals surface area contributed by atoms with Crippen LogP contribution in [0.2, 0.25) is 0 Å². The zero-order valence-corrected chi connectivity index (χ0v) is 14.9. The van der Waals surface area contributed by atoms with E-state index in [9.17, 15) is 13.2 Å². The smallest absolute Gasteiger partial charge is 0.403 e. The Labute approximate surface area is 157 Å². The number of anilines is 2. The lowest BCUT2D eigenvalue weighted by Gasteiger charge is -2.12. The van der Waals surface area contributed by atoms with E-state index >= 15 is 0 Å². The van der Waals surface area contributed by atoms with E-state index in [-0.39, 0.29) is 11.4 Å². The molecule has 0 aliphatic heterocycles. The highest BCUT2D eigenvalue weighted by Gasteiger charge is 2.34. The van der Waals surface area contributed by atoms with E-state index in [1.165, 1.54) is 16.9 Å². The quantitative estimate of drug-likeness (QED) is 0.576. The molecule has 3 heterocycles. The van der Waals surface area contributed by atoms with Crippen molar-refractivity contribution in [2.24, 2.45) is 0 Å². The molecule has 0 unspecified atom stereocenters. The van der Waals surface area contributed by atoms with Gasteiger partial charge in [0.1, 0.15) is 5.82 Å². The molecular formula is C18H15F3N6O. The van der Waals surface area contributed by atoms with Gasteiger partial charge in [-0.05, 0) is 24.3 Å². The van der Waals surface area contributed by atoms with Crippen LogP contribution < -0.4 is 10.6 Å². The third-order valence-electron chi connectivity index (χ3n) is 4.21. The highest BCUT2D eigenvalue weighted by Crippen LogP contribution is 2.35. The Morgan fingerprint density at radius 3 is 2.57 bits per heavy atom. The fourth-order valence-corrected chi connectivity index (χ4v) is 2.77. The zero-order chi connectivity index (χ0) is 20.1. The number of imidazole rings is 1. The van der Waals surface area contributed by atoms with Crippen LogP contribution >= 0.6 is 0 Å². The molecule has 0 spiro atoms. The van der Waals surface area contributed by atoms with Crippen LogP contribution in [0.25, 0.3) is 28.6 Å². The molecule has 7 nitrogen and oxygen atoms in total. The third kappa shape index (κ3) is 3.02. The fraction of sp³-hybridized carbons (Fsp3) is 0.167. The van der Waals surface area contributed by atoms with E-state index in [0.29, 0.717) is 17.1 Å². The third-order valence-corrected chi connectivity index (χ3v) is 4.21. The molecule has 144 valence electrons. The van der Waals surface area contributed by atoms with Crippen molar-refractivity contribution in [3.63, 3.8) is 0 Å². The zero-order valence-electron chi connectivity index (χ0n) is 14.9. The summed E-state index contributed by atoms with van der Waals surface area (Å²) in [4.78, 5) is 9.69. The maximum atomic E-state index is 13.1. The number of hydrogen-bond acceptors (Lipinski definition) is 6. The van der Waals surface area contributed by atoms with E-state index < -0.39 is 17.6 Å². The van der Waals surface area contributed by atoms with E-state index in [0.717, 1.165) is 11.8 Å². The summed E-state index contributed by atoms with van der Waals surface area (Å²) in [6, 6.07) is 8.43. The van der Waals surface area contributed by atoms with Gasteiger partial charge in [0.2, 0.25) is 5.89 Å². The number of nitrogens with zero attached hydrogens (tertiary/aromatic N) is 5. The molecule has 4 aromatic rings. The number of fused-ring (bicyclic) bond motifs is 1. The Kier molecular flexibility index (Phi) is 3.98. The minimum absolute atomic E-state index is 0.158. The minimum Gasteiger partial charge on any atom is -0.403 e. The van der Waals surface area contributed by atoms with E-state index in [1.807, 2.05) is 43.3 Å². The number of nitrogens with two attached hydrogens (primary N) is 1. The van der Waals surface area contributed by atoms with Gasteiger partial charge in [0.05, 0.1) is 17.5 Å². The molecule has 3 aromatic heterocycles. The molecule has 0 radical (unpaired) electrons. The second-order valence-electron chi connectivity index (χ2n) is 6.34. The van der Waals surface area contributed by atoms with Crippen LogP contribution in [0.3, 0.4) is 0 Å². The molecule has 0 bridgehead atoms. The molecule has 0 aliphatic rings. The summed E-state index contributed by atoms with van der Waals surface area (Å²) in [6.07, 6.45) is -1.99. The van der Waals surface area contributed by atoms with E-state index in [1.54, 1.807) is 0 Å². The molecule has 0 saturated heterocycles. The first-order valence-electron chi connectivity index (χ1n) is 8.19. The summed E-state index contributed by atoms with van der Waals surface area (Å²) < 4.78 is 46.4. The largest absolute Gasteiger partial charge is 0.419 e. The van der Waals surface area contributed by atoms with Crippen molar-refractivity contribution in [2.75, 3.05) is 24.7 Å². The Morgan fingerprint density at radius 1 is 1.07 bits per heavy atom. The normalized spacial score (nSPS) is 11.9. The number of hydrogen-bond donors (Lipinski definition) is 1. The van der Waals surface area contributed by atoms with E-state index in [4.69, 9.17) is 10.2 Å². The molecular weight excluding hydrogens is 373 g/mol. The summed E-state index contributed by atoms with van der Waals surface area (Å²) in [5, 5.41) is 4.36. The van der Waals surface area contributed by atoms with Gasteiger partial charge in [-0.3, -0.25) is 0 Å². The van der Waals surface area contributed by atoms with Gasteiger partial charge in [0.25, 0.3) is 0 Å². The van der Waals surface area contributed by atoms with Gasteiger partial charge in [-0.2, -0.15) is 17.7 Å². The lowest BCUT2D eigenvalue weighted by molar-refractivity contribution is -0.137. The highest BCUT2D eigenvalue weighted by molar-refractivity contribution is 5.66. The van der Waals surface area contributed by atoms with Crippen LogP contribution in [0.15, 0.2) is 47.1 Å². The van der Waals surface area contributed by atoms with Crippen molar-refractivity contribution in [3.8, 4) is 22.7 Å². The van der Waals surface area contributed by atoms with Gasteiger partial charge in [0, 0.05) is 37.1 Å². The number of pyridine rings is 1. The Morgan fingerprint density at radius 2 is 1.86 bits per heavy atom. The molecule has 28 heavy (non-hydrogen) atoms. The standard InChI is InChI=1S/C18H15F3N6O/c1-26(2)12-5-3-4-10(6-12)16-25-27-14(9-24-17(27)28-16)11-7-13(18(19,20)21)15(22)23-8-11/h3-9H,1-2H3,(H2,22,23). The van der Waals surface area contributed by atoms with Crippen LogP contribution in [0, 0.1) is 0 Å². The topological polar surface area (TPSA) is 85.5 Å². The second kappa shape index (κ2) is 6.25.